The van der Waals surface area contributed by atoms with E-state index in [1.54, 1.807) is 82.9 Å². The van der Waals surface area contributed by atoms with E-state index in [2.05, 4.69) is 107 Å². The predicted molar refractivity (Wildman–Crippen MR) is 504 cm³/mol. The highest BCUT2D eigenvalue weighted by atomic mass is 79.9. The maximum atomic E-state index is 13.5. The van der Waals surface area contributed by atoms with Gasteiger partial charge < -0.3 is 61.2 Å². The van der Waals surface area contributed by atoms with Gasteiger partial charge in [0.1, 0.15) is 56.4 Å². The summed E-state index contributed by atoms with van der Waals surface area (Å²) < 4.78 is 150. The van der Waals surface area contributed by atoms with Gasteiger partial charge in [0.2, 0.25) is 0 Å². The second-order valence-electron chi connectivity index (χ2n) is 33.4. The highest BCUT2D eigenvalue weighted by Crippen LogP contribution is 2.38. The van der Waals surface area contributed by atoms with Crippen molar-refractivity contribution in [2.45, 2.75) is 172 Å². The fourth-order valence-electron chi connectivity index (χ4n) is 11.0. The summed E-state index contributed by atoms with van der Waals surface area (Å²) in [5.41, 5.74) is 0.769. The normalized spacial score (nSPS) is 13.1. The number of carbonyl (C=O) groups excluding carboxylic acids is 4. The number of aliphatic hydroxyl groups excluding tert-OH is 1. The number of aliphatic hydroxyl groups is 1. The van der Waals surface area contributed by atoms with Gasteiger partial charge in [0.15, 0.2) is 73.9 Å². The zero-order valence-corrected chi connectivity index (χ0v) is 85.7. The molecule has 1 fully saturated rings. The lowest BCUT2D eigenvalue weighted by Gasteiger charge is -2.32. The van der Waals surface area contributed by atoms with Crippen LogP contribution >= 0.6 is 39.1 Å². The highest BCUT2D eigenvalue weighted by molar-refractivity contribution is 9.10. The number of carboxylic acids is 1. The quantitative estimate of drug-likeness (QED) is 0.0105. The van der Waals surface area contributed by atoms with Crippen LogP contribution in [0.4, 0.5) is 19.4 Å². The Hall–Kier alpha value is -13.4. The lowest BCUT2D eigenvalue weighted by molar-refractivity contribution is 0.00457. The minimum atomic E-state index is -3.74. The van der Waals surface area contributed by atoms with Gasteiger partial charge in [-0.2, -0.15) is 50.7 Å². The van der Waals surface area contributed by atoms with Crippen molar-refractivity contribution in [2.75, 3.05) is 22.6 Å². The van der Waals surface area contributed by atoms with E-state index in [0.717, 1.165) is 30.9 Å². The Balaban J connectivity index is 0.000000229. The number of halogens is 5. The van der Waals surface area contributed by atoms with E-state index in [1.807, 2.05) is 48.5 Å². The van der Waals surface area contributed by atoms with Crippen molar-refractivity contribution in [3.8, 4) is 74.3 Å². The molecule has 0 aliphatic carbocycles. The molecule has 12 aromatic heterocycles. The topological polar surface area (TPSA) is 608 Å². The zero-order chi connectivity index (χ0) is 105. The molecule has 754 valence electrons. The number of aryl methyl sites for hydroxylation is 6. The zero-order valence-electron chi connectivity index (χ0n) is 80.2. The van der Waals surface area contributed by atoms with Crippen LogP contribution < -0.4 is 23.3 Å². The molecule has 2 atom stereocenters. The molecule has 0 radical (unpaired) electrons. The van der Waals surface area contributed by atoms with E-state index < -0.39 is 119 Å². The van der Waals surface area contributed by atoms with Crippen LogP contribution in [0.5, 0.6) is 28.7 Å². The molecule has 0 spiro atoms. The molecule has 5 N–H and O–H groups in total. The molecule has 1 aliphatic heterocycles. The van der Waals surface area contributed by atoms with Crippen LogP contribution in [0.2, 0.25) is 10.3 Å². The van der Waals surface area contributed by atoms with Crippen LogP contribution in [-0.4, -0.2) is 237 Å². The number of anilines is 1. The number of nitrogens with zero attached hydrogens (tertiary/aromatic N) is 22. The third kappa shape index (κ3) is 32.9. The summed E-state index contributed by atoms with van der Waals surface area (Å²) in [6.45, 7) is 33.0. The molecule has 1 amide bonds. The average Bonchev–Trinajstić information content (AvgIpc) is 1.60. The summed E-state index contributed by atoms with van der Waals surface area (Å²) in [5.74, 6) is -3.34. The SMILES string of the molecule is CCS(=O)(=O)Oc1cnc(-c2cnn(C)c2C(=O)O)nc1.CCS(=O)(=O)Oc1cnc(-c2cnn(C)c2C(=O)OC(C)(C)C)nc1.CCS(=O)(=O)Oc1cnc(-c2cnn(C)c2NC(=O)O[C@H](C)c2cc(F)cnc2Cl)nc1C.C[C@@H](O)c1cc(F)cnc1Cl.Cn1ncc(-c2ncc(O)cn2)c1C(=O)OC(C)(C)C.Cn1ncc(B2OC(C)(C)C(C)(C)O2)c1C(=O)OC(C)(C)C.Oc1cnc(Br)nc1. The van der Waals surface area contributed by atoms with Gasteiger partial charge in [-0.15, -0.1) is 0 Å². The Morgan fingerprint density at radius 2 is 0.829 bits per heavy atom. The third-order valence-corrected chi connectivity index (χ3v) is 22.9. The summed E-state index contributed by atoms with van der Waals surface area (Å²) in [7, 11) is -3.68. The molecule has 140 heavy (non-hydrogen) atoms. The van der Waals surface area contributed by atoms with Gasteiger partial charge in [0.05, 0.1) is 155 Å². The molecule has 1 aliphatic rings. The number of aromatic carboxylic acids is 1. The molecule has 0 saturated carbocycles. The Labute approximate surface area is 822 Å². The van der Waals surface area contributed by atoms with Crippen LogP contribution in [0, 0.1) is 18.6 Å². The number of rotatable bonds is 22. The Morgan fingerprint density at radius 1 is 0.486 bits per heavy atom. The first kappa shape index (κ1) is 114. The van der Waals surface area contributed by atoms with E-state index >= 15 is 0 Å². The minimum Gasteiger partial charge on any atom is -0.505 e. The standard InChI is InChI=1S/C19H20ClFN6O5S.C15H25BN2O4.C15H20N4O5S.C13H16N4O3.C11H12N4O5S.C7H7ClFNO.C4H3BrN2O/c1-5-33(29,30)32-15-9-23-17(25-10(15)2)14-8-24-27(4)18(14)26-19(28)31-11(3)13-6-12(21)7-22-16(13)20;1-13(2,3)20-12(19)11-10(9-17-18(11)8)16-21-14(4,5)15(6,7)22-16;1-6-25(21,22)24-10-7-16-13(17-8-10)11-9-18-19(5)12(11)14(20)23-15(2,3)4;1-13(2,3)20-12(19)10-9(7-16-17(10)4)11-14-5-8(18)6-15-11;1-3-21(18,19)20-7-4-12-10(13-5-7)8-6-14-15(2)9(8)11(16)17;1-4(11)6-2-5(9)3-10-7(6)8;5-4-6-1-3(8)2-7-4/h6-9,11H,5H2,1-4H3,(H,26,28);9H,1-8H3;7-9H,6H2,1-5H3;5-7,18H,1-4H3;4-6H,3H2,1-2H3,(H,16,17);2-4,11H,1H3;1-2,8H/t11-;;;;;4-;/m1....1./s1. The molecule has 1 saturated heterocycles. The number of pyridine rings is 2. The van der Waals surface area contributed by atoms with Crippen molar-refractivity contribution >= 4 is 118 Å². The smallest absolute Gasteiger partial charge is 0.498 e. The van der Waals surface area contributed by atoms with Gasteiger partial charge in [0.25, 0.3) is 0 Å². The second-order valence-corrected chi connectivity index (χ2v) is 40.4. The van der Waals surface area contributed by atoms with Crippen molar-refractivity contribution < 1.29 is 119 Å². The van der Waals surface area contributed by atoms with Crippen LogP contribution in [0.15, 0.2) is 116 Å². The molecule has 13 rings (SSSR count). The van der Waals surface area contributed by atoms with Crippen molar-refractivity contribution in [1.29, 1.82) is 0 Å². The minimum absolute atomic E-state index is 0.00620. The van der Waals surface area contributed by atoms with Gasteiger partial charge in [-0.1, -0.05) is 23.2 Å². The van der Waals surface area contributed by atoms with Crippen molar-refractivity contribution in [3.05, 3.63) is 178 Å². The summed E-state index contributed by atoms with van der Waals surface area (Å²) in [4.78, 5) is 107. The molecule has 0 aromatic carbocycles. The number of amides is 1. The van der Waals surface area contributed by atoms with Crippen LogP contribution in [0.25, 0.3) is 45.6 Å². The fourth-order valence-corrected chi connectivity index (χ4v) is 13.2. The monoisotopic (exact) mass is 2110 g/mol. The maximum Gasteiger partial charge on any atom is 0.498 e. The Morgan fingerprint density at radius 3 is 1.21 bits per heavy atom. The lowest BCUT2D eigenvalue weighted by Crippen LogP contribution is -2.41. The first-order valence-corrected chi connectivity index (χ1v) is 47.8. The number of esters is 3. The van der Waals surface area contributed by atoms with Crippen LogP contribution in [0.1, 0.15) is 196 Å². The van der Waals surface area contributed by atoms with E-state index in [0.29, 0.717) is 44.0 Å². The summed E-state index contributed by atoms with van der Waals surface area (Å²) >= 11 is 14.5. The van der Waals surface area contributed by atoms with Crippen LogP contribution in [-0.2, 0) is 93.8 Å². The molecule has 47 nitrogen and oxygen atoms in total. The third-order valence-electron chi connectivity index (χ3n) is 18.4. The first-order valence-electron chi connectivity index (χ1n) is 41.5. The highest BCUT2D eigenvalue weighted by Gasteiger charge is 2.53. The van der Waals surface area contributed by atoms with E-state index in [1.165, 1.54) is 139 Å². The van der Waals surface area contributed by atoms with Crippen molar-refractivity contribution in [3.63, 3.8) is 0 Å². The van der Waals surface area contributed by atoms with Crippen molar-refractivity contribution in [1.82, 2.24) is 109 Å². The van der Waals surface area contributed by atoms with E-state index in [9.17, 15) is 63.1 Å². The maximum absolute atomic E-state index is 13.5. The number of nitrogens with one attached hydrogen (secondary N) is 1. The number of carbonyl (C=O) groups is 5. The number of aromatic hydroxyl groups is 2. The first-order chi connectivity index (χ1) is 64.9. The van der Waals surface area contributed by atoms with Gasteiger partial charge in [0, 0.05) is 58.0 Å². The van der Waals surface area contributed by atoms with Gasteiger partial charge in [-0.3, -0.25) is 28.7 Å². The molecular weight excluding hydrogens is 2010 g/mol. The predicted octanol–water partition coefficient (Wildman–Crippen LogP) is 11.4. The lowest BCUT2D eigenvalue weighted by atomic mass is 9.79. The van der Waals surface area contributed by atoms with Crippen LogP contribution in [0.3, 0.4) is 0 Å². The molecule has 12 aromatic rings. The summed E-state index contributed by atoms with van der Waals surface area (Å²) in [6, 6.07) is 2.29. The van der Waals surface area contributed by atoms with Gasteiger partial charge in [-0.05, 0) is 160 Å². The second kappa shape index (κ2) is 47.5. The van der Waals surface area contributed by atoms with Gasteiger partial charge in [-0.25, -0.2) is 92.6 Å². The van der Waals surface area contributed by atoms with E-state index in [4.69, 9.17) is 79.3 Å². The summed E-state index contributed by atoms with van der Waals surface area (Å²) in [6.07, 6.45) is 17.8. The Bertz CT molecular complexity index is 6690. The molecule has 13 heterocycles. The number of aromatic nitrogens is 22. The molecule has 56 heteroatoms. The Kier molecular flexibility index (Phi) is 38.6. The van der Waals surface area contributed by atoms with Crippen molar-refractivity contribution in [2.24, 2.45) is 35.2 Å². The fraction of sp³-hybridized carbons (Fsp3) is 0.405. The molecular formula is C84H103BBrCl2F2N23O24S3. The number of hydrogen-bond donors (Lipinski definition) is 5. The number of hydrogen-bond acceptors (Lipinski definition) is 40. The number of ether oxygens (including phenoxy) is 4. The molecule has 0 bridgehead atoms. The molecule has 0 unspecified atom stereocenters. The largest absolute Gasteiger partial charge is 0.505 e. The van der Waals surface area contributed by atoms with Gasteiger partial charge >= 0.3 is 67.4 Å². The van der Waals surface area contributed by atoms with E-state index in [-0.39, 0.29) is 114 Å². The average molecular weight is 2110 g/mol. The number of carboxylic acid groups (broad SMARTS) is 1. The summed E-state index contributed by atoms with van der Waals surface area (Å²) in [5, 5.41) is 58.8.